The summed E-state index contributed by atoms with van der Waals surface area (Å²) < 4.78 is 0. The minimum atomic E-state index is 0.543. The van der Waals surface area contributed by atoms with Crippen molar-refractivity contribution in [3.8, 4) is 10.4 Å². The summed E-state index contributed by atoms with van der Waals surface area (Å²) in [5.41, 5.74) is 5.94. The Morgan fingerprint density at radius 1 is 1.29 bits per heavy atom. The van der Waals surface area contributed by atoms with Crippen LogP contribution in [-0.4, -0.2) is 4.98 Å². The second kappa shape index (κ2) is 5.46. The maximum absolute atomic E-state index is 4.54. The van der Waals surface area contributed by atoms with Gasteiger partial charge in [-0.3, -0.25) is 0 Å². The molecule has 1 nitrogen and oxygen atoms in total. The van der Waals surface area contributed by atoms with Crippen LogP contribution >= 0.6 is 11.3 Å². The number of benzene rings is 1. The minimum Gasteiger partial charge on any atom is -0.249 e. The van der Waals surface area contributed by atoms with E-state index in [1.54, 1.807) is 11.3 Å². The van der Waals surface area contributed by atoms with Crippen molar-refractivity contribution in [2.75, 3.05) is 0 Å². The van der Waals surface area contributed by atoms with Crippen LogP contribution in [-0.2, 0) is 6.42 Å². The Kier molecular flexibility index (Phi) is 3.95. The van der Waals surface area contributed by atoms with E-state index in [9.17, 15) is 0 Å². The van der Waals surface area contributed by atoms with Gasteiger partial charge in [0.2, 0.25) is 0 Å². The lowest BCUT2D eigenvalue weighted by molar-refractivity contribution is 0.715. The van der Waals surface area contributed by atoms with Gasteiger partial charge in [0.1, 0.15) is 0 Å². The zero-order valence-electron chi connectivity index (χ0n) is 10.7. The molecule has 0 spiro atoms. The second-order valence-electron chi connectivity index (χ2n) is 4.43. The molecule has 1 atom stereocenters. The van der Waals surface area contributed by atoms with E-state index in [2.05, 4.69) is 50.0 Å². The molecule has 0 saturated carbocycles. The highest BCUT2D eigenvalue weighted by molar-refractivity contribution is 7.13. The quantitative estimate of drug-likeness (QED) is 0.747. The van der Waals surface area contributed by atoms with Crippen molar-refractivity contribution in [2.45, 2.75) is 39.5 Å². The number of thiazole rings is 1. The van der Waals surface area contributed by atoms with Crippen LogP contribution in [0.2, 0.25) is 0 Å². The molecule has 0 bridgehead atoms. The monoisotopic (exact) mass is 245 g/mol. The lowest BCUT2D eigenvalue weighted by atomic mass is 10.00. The molecular formula is C15H19NS. The van der Waals surface area contributed by atoms with E-state index < -0.39 is 0 Å². The molecule has 2 heteroatoms. The normalized spacial score (nSPS) is 12.6. The molecule has 17 heavy (non-hydrogen) atoms. The number of aryl methyl sites for hydroxylation is 1. The first-order valence-corrected chi connectivity index (χ1v) is 7.16. The lowest BCUT2D eigenvalue weighted by Gasteiger charge is -2.09. The molecule has 0 radical (unpaired) electrons. The van der Waals surface area contributed by atoms with Gasteiger partial charge >= 0.3 is 0 Å². The van der Waals surface area contributed by atoms with Crippen molar-refractivity contribution in [1.29, 1.82) is 0 Å². The SMILES string of the molecule is CCc1cccc(-c2scnc2C(C)CC)c1. The summed E-state index contributed by atoms with van der Waals surface area (Å²) in [6.45, 7) is 6.67. The number of nitrogens with zero attached hydrogens (tertiary/aromatic N) is 1. The van der Waals surface area contributed by atoms with E-state index >= 15 is 0 Å². The highest BCUT2D eigenvalue weighted by Gasteiger charge is 2.13. The molecule has 0 saturated heterocycles. The number of hydrogen-bond donors (Lipinski definition) is 0. The van der Waals surface area contributed by atoms with Gasteiger partial charge in [-0.25, -0.2) is 4.98 Å². The molecule has 1 aromatic heterocycles. The van der Waals surface area contributed by atoms with E-state index in [1.807, 2.05) is 5.51 Å². The summed E-state index contributed by atoms with van der Waals surface area (Å²) in [7, 11) is 0. The first-order chi connectivity index (χ1) is 8.26. The third kappa shape index (κ3) is 2.58. The maximum atomic E-state index is 4.54. The minimum absolute atomic E-state index is 0.543. The summed E-state index contributed by atoms with van der Waals surface area (Å²) in [5, 5.41) is 0. The zero-order chi connectivity index (χ0) is 12.3. The Bertz CT molecular complexity index is 487. The van der Waals surface area contributed by atoms with Crippen LogP contribution in [0.4, 0.5) is 0 Å². The average molecular weight is 245 g/mol. The van der Waals surface area contributed by atoms with Gasteiger partial charge in [0.25, 0.3) is 0 Å². The van der Waals surface area contributed by atoms with Crippen molar-refractivity contribution in [3.63, 3.8) is 0 Å². The van der Waals surface area contributed by atoms with Gasteiger partial charge in [-0.1, -0.05) is 45.0 Å². The summed E-state index contributed by atoms with van der Waals surface area (Å²) >= 11 is 1.75. The third-order valence-electron chi connectivity index (χ3n) is 3.27. The Morgan fingerprint density at radius 3 is 2.82 bits per heavy atom. The fourth-order valence-electron chi connectivity index (χ4n) is 1.95. The molecule has 0 aliphatic rings. The summed E-state index contributed by atoms with van der Waals surface area (Å²) in [5.74, 6) is 0.543. The summed E-state index contributed by atoms with van der Waals surface area (Å²) in [6, 6.07) is 8.82. The maximum Gasteiger partial charge on any atom is 0.0801 e. The molecule has 90 valence electrons. The first kappa shape index (κ1) is 12.3. The standard InChI is InChI=1S/C15H19NS/c1-4-11(3)14-15(17-10-16-14)13-8-6-7-12(5-2)9-13/h6-11H,4-5H2,1-3H3. The highest BCUT2D eigenvalue weighted by atomic mass is 32.1. The van der Waals surface area contributed by atoms with E-state index in [4.69, 9.17) is 0 Å². The average Bonchev–Trinajstić information content (AvgIpc) is 2.87. The van der Waals surface area contributed by atoms with Gasteiger partial charge in [-0.05, 0) is 29.9 Å². The fraction of sp³-hybridized carbons (Fsp3) is 0.400. The van der Waals surface area contributed by atoms with E-state index in [-0.39, 0.29) is 0 Å². The van der Waals surface area contributed by atoms with Gasteiger partial charge in [-0.2, -0.15) is 0 Å². The third-order valence-corrected chi connectivity index (χ3v) is 4.16. The zero-order valence-corrected chi connectivity index (χ0v) is 11.6. The smallest absolute Gasteiger partial charge is 0.0801 e. The molecule has 1 aromatic carbocycles. The molecule has 2 rings (SSSR count). The van der Waals surface area contributed by atoms with Crippen LogP contribution in [0.1, 0.15) is 44.4 Å². The number of hydrogen-bond acceptors (Lipinski definition) is 2. The first-order valence-electron chi connectivity index (χ1n) is 6.29. The Labute approximate surface area is 108 Å². The Morgan fingerprint density at radius 2 is 2.12 bits per heavy atom. The Balaban J connectivity index is 2.42. The molecule has 0 aliphatic carbocycles. The van der Waals surface area contributed by atoms with Crippen LogP contribution in [0.3, 0.4) is 0 Å². The molecule has 1 heterocycles. The molecular weight excluding hydrogens is 226 g/mol. The second-order valence-corrected chi connectivity index (χ2v) is 5.28. The van der Waals surface area contributed by atoms with Gasteiger partial charge in [0.05, 0.1) is 16.1 Å². The van der Waals surface area contributed by atoms with Crippen LogP contribution in [0.25, 0.3) is 10.4 Å². The molecule has 0 N–H and O–H groups in total. The van der Waals surface area contributed by atoms with E-state index in [0.29, 0.717) is 5.92 Å². The van der Waals surface area contributed by atoms with Crippen LogP contribution in [0.5, 0.6) is 0 Å². The molecule has 0 fully saturated rings. The van der Waals surface area contributed by atoms with Gasteiger partial charge in [0.15, 0.2) is 0 Å². The van der Waals surface area contributed by atoms with Crippen LogP contribution in [0, 0.1) is 0 Å². The molecule has 0 amide bonds. The molecule has 0 aliphatic heterocycles. The van der Waals surface area contributed by atoms with Gasteiger partial charge < -0.3 is 0 Å². The molecule has 1 unspecified atom stereocenters. The number of aromatic nitrogens is 1. The summed E-state index contributed by atoms with van der Waals surface area (Å²) in [6.07, 6.45) is 2.23. The van der Waals surface area contributed by atoms with E-state index in [0.717, 1.165) is 12.8 Å². The van der Waals surface area contributed by atoms with Crippen LogP contribution < -0.4 is 0 Å². The Hall–Kier alpha value is -1.15. The van der Waals surface area contributed by atoms with E-state index in [1.165, 1.54) is 21.7 Å². The van der Waals surface area contributed by atoms with Gasteiger partial charge in [0, 0.05) is 0 Å². The van der Waals surface area contributed by atoms with Gasteiger partial charge in [-0.15, -0.1) is 11.3 Å². The van der Waals surface area contributed by atoms with Crippen molar-refractivity contribution in [2.24, 2.45) is 0 Å². The predicted molar refractivity (Wildman–Crippen MR) is 75.6 cm³/mol. The van der Waals surface area contributed by atoms with Crippen LogP contribution in [0.15, 0.2) is 29.8 Å². The van der Waals surface area contributed by atoms with Crippen molar-refractivity contribution >= 4 is 11.3 Å². The van der Waals surface area contributed by atoms with Crippen molar-refractivity contribution in [3.05, 3.63) is 41.0 Å². The lowest BCUT2D eigenvalue weighted by Crippen LogP contribution is -1.94. The van der Waals surface area contributed by atoms with Crippen molar-refractivity contribution < 1.29 is 0 Å². The predicted octanol–water partition coefficient (Wildman–Crippen LogP) is 4.89. The molecule has 2 aromatic rings. The fourth-order valence-corrected chi connectivity index (χ4v) is 2.86. The number of rotatable bonds is 4. The topological polar surface area (TPSA) is 12.9 Å². The highest BCUT2D eigenvalue weighted by Crippen LogP contribution is 2.33. The van der Waals surface area contributed by atoms with Crippen molar-refractivity contribution in [1.82, 2.24) is 4.98 Å². The largest absolute Gasteiger partial charge is 0.249 e. The summed E-state index contributed by atoms with van der Waals surface area (Å²) in [4.78, 5) is 5.88.